The summed E-state index contributed by atoms with van der Waals surface area (Å²) in [4.78, 5) is 19.9. The van der Waals surface area contributed by atoms with Gasteiger partial charge in [0.05, 0.1) is 6.54 Å². The number of nitrogens with one attached hydrogen (secondary N) is 1. The van der Waals surface area contributed by atoms with Crippen LogP contribution in [0.3, 0.4) is 0 Å². The normalized spacial score (nSPS) is 15.1. The molecular weight excluding hydrogens is 549 g/mol. The predicted octanol–water partition coefficient (Wildman–Crippen LogP) is 9.75. The molecule has 2 rings (SSSR count). The van der Waals surface area contributed by atoms with Crippen molar-refractivity contribution in [1.82, 2.24) is 10.2 Å². The summed E-state index contributed by atoms with van der Waals surface area (Å²) in [5.74, 6) is 0.803. The van der Waals surface area contributed by atoms with E-state index in [1.165, 1.54) is 33.6 Å². The first-order chi connectivity index (χ1) is 20.1. The van der Waals surface area contributed by atoms with E-state index in [0.717, 1.165) is 41.9 Å². The molecule has 6 heteroatoms. The molecule has 0 unspecified atom stereocenters. The molecule has 0 spiro atoms. The molecule has 1 amide bonds. The molecule has 1 aromatic rings. The maximum Gasteiger partial charge on any atom is 0.249 e. The van der Waals surface area contributed by atoms with Crippen LogP contribution in [0.25, 0.3) is 5.70 Å². The lowest BCUT2D eigenvalue weighted by Gasteiger charge is -2.28. The monoisotopic (exact) mass is 608 g/mol. The van der Waals surface area contributed by atoms with E-state index in [2.05, 4.69) is 110 Å². The van der Waals surface area contributed by atoms with Gasteiger partial charge in [0.1, 0.15) is 5.84 Å². The molecule has 0 aliphatic carbocycles. The van der Waals surface area contributed by atoms with Gasteiger partial charge in [0, 0.05) is 51.8 Å². The van der Waals surface area contributed by atoms with Gasteiger partial charge >= 0.3 is 0 Å². The van der Waals surface area contributed by atoms with Crippen LogP contribution in [-0.2, 0) is 17.8 Å². The van der Waals surface area contributed by atoms with E-state index < -0.39 is 0 Å². The molecule has 3 N–H and O–H groups in total. The summed E-state index contributed by atoms with van der Waals surface area (Å²) in [6, 6.07) is 0. The molecule has 0 aromatic carbocycles. The van der Waals surface area contributed by atoms with Crippen molar-refractivity contribution >= 4 is 28.8 Å². The number of allylic oxidation sites excluding steroid dienone is 8. The number of aliphatic imine (C=N–C) groups is 1. The second kappa shape index (κ2) is 20.0. The van der Waals surface area contributed by atoms with Crippen molar-refractivity contribution in [3.8, 4) is 0 Å². The zero-order valence-electron chi connectivity index (χ0n) is 29.5. The van der Waals surface area contributed by atoms with Crippen molar-refractivity contribution in [2.24, 2.45) is 16.1 Å². The molecule has 0 fully saturated rings. The summed E-state index contributed by atoms with van der Waals surface area (Å²) in [6.45, 7) is 30.5. The van der Waals surface area contributed by atoms with Crippen LogP contribution in [0.4, 0.5) is 0 Å². The highest BCUT2D eigenvalue weighted by molar-refractivity contribution is 7.10. The number of nitrogens with two attached hydrogens (primary N) is 1. The first-order valence-corrected chi connectivity index (χ1v) is 16.4. The van der Waals surface area contributed by atoms with E-state index in [0.29, 0.717) is 12.4 Å². The van der Waals surface area contributed by atoms with Crippen molar-refractivity contribution in [3.63, 3.8) is 0 Å². The SMILES string of the molecule is C/C=C(C)\C=C/C(C)=C(C)CC.C=C(NC(/C=C(\N)C(C)(C)C)=NC)c1csc2c1CCN(C(=O)/C(C)=C/C)C2.CCC. The number of carbonyl (C=O) groups excluding carboxylic acids is 1. The summed E-state index contributed by atoms with van der Waals surface area (Å²) in [5.41, 5.74) is 15.0. The Hall–Kier alpha value is -3.12. The number of hydrogen-bond acceptors (Lipinski definition) is 4. The van der Waals surface area contributed by atoms with Gasteiger partial charge in [-0.15, -0.1) is 11.3 Å². The van der Waals surface area contributed by atoms with Crippen molar-refractivity contribution < 1.29 is 4.79 Å². The molecule has 0 radical (unpaired) electrons. The molecule has 0 atom stereocenters. The molecule has 0 saturated carbocycles. The molecule has 1 aromatic heterocycles. The van der Waals surface area contributed by atoms with Crippen LogP contribution >= 0.6 is 11.3 Å². The van der Waals surface area contributed by atoms with Crippen molar-refractivity contribution in [2.75, 3.05) is 13.6 Å². The highest BCUT2D eigenvalue weighted by Crippen LogP contribution is 2.32. The van der Waals surface area contributed by atoms with Gasteiger partial charge < -0.3 is 16.0 Å². The van der Waals surface area contributed by atoms with E-state index in [1.54, 1.807) is 18.4 Å². The number of amidine groups is 1. The molecular formula is C37H60N4OS. The second-order valence-corrected chi connectivity index (χ2v) is 12.9. The third-order valence-corrected chi connectivity index (χ3v) is 8.28. The van der Waals surface area contributed by atoms with Crippen LogP contribution in [-0.4, -0.2) is 30.2 Å². The van der Waals surface area contributed by atoms with Crippen LogP contribution in [0.2, 0.25) is 0 Å². The Morgan fingerprint density at radius 3 is 2.21 bits per heavy atom. The minimum Gasteiger partial charge on any atom is -0.401 e. The average molecular weight is 609 g/mol. The summed E-state index contributed by atoms with van der Waals surface area (Å²) >= 11 is 1.68. The van der Waals surface area contributed by atoms with Crippen LogP contribution < -0.4 is 11.1 Å². The van der Waals surface area contributed by atoms with Gasteiger partial charge in [0.15, 0.2) is 0 Å². The fraction of sp³-hybridized carbons (Fsp3) is 0.514. The lowest BCUT2D eigenvalue weighted by Crippen LogP contribution is -2.36. The van der Waals surface area contributed by atoms with Gasteiger partial charge in [-0.2, -0.15) is 0 Å². The number of hydrogen-bond donors (Lipinski definition) is 2. The molecule has 240 valence electrons. The minimum atomic E-state index is -0.123. The summed E-state index contributed by atoms with van der Waals surface area (Å²) in [7, 11) is 1.73. The van der Waals surface area contributed by atoms with E-state index in [-0.39, 0.29) is 11.3 Å². The minimum absolute atomic E-state index is 0.114. The van der Waals surface area contributed by atoms with E-state index >= 15 is 0 Å². The van der Waals surface area contributed by atoms with Crippen LogP contribution in [0.1, 0.15) is 112 Å². The zero-order chi connectivity index (χ0) is 33.3. The number of amides is 1. The first kappa shape index (κ1) is 39.9. The van der Waals surface area contributed by atoms with E-state index in [4.69, 9.17) is 5.73 Å². The van der Waals surface area contributed by atoms with Crippen LogP contribution in [0, 0.1) is 5.41 Å². The summed E-state index contributed by atoms with van der Waals surface area (Å²) in [6.07, 6.45) is 13.4. The quantitative estimate of drug-likeness (QED) is 0.140. The standard InChI is InChI=1S/C22H32N4OS.C12H20.C3H8/c1-8-14(2)21(27)26-10-9-16-17(13-28-18(16)12-26)15(3)25-20(24-7)11-19(23)22(4,5)6;1-6-10(3)8-9-12(5)11(4)7-2;1-3-2/h8,11,13H,3,9-10,12,23H2,1-2,4-7H3,(H,24,25);6,8-9H,7H2,1-5H3;3H2,1-2H3/b14-8+,19-11-;9-8-,10-6-,12-11?;. The lowest BCUT2D eigenvalue weighted by atomic mass is 9.92. The second-order valence-electron chi connectivity index (χ2n) is 12.0. The number of nitrogens with zero attached hydrogens (tertiary/aromatic N) is 2. The van der Waals surface area contributed by atoms with E-state index in [9.17, 15) is 4.79 Å². The Labute approximate surface area is 268 Å². The van der Waals surface area contributed by atoms with E-state index in [1.807, 2.05) is 30.9 Å². The number of fused-ring (bicyclic) bond motifs is 1. The summed E-state index contributed by atoms with van der Waals surface area (Å²) < 4.78 is 0. The zero-order valence-corrected chi connectivity index (χ0v) is 30.3. The summed E-state index contributed by atoms with van der Waals surface area (Å²) in [5, 5.41) is 5.41. The number of thiophene rings is 1. The fourth-order valence-corrected chi connectivity index (χ4v) is 4.77. The Bertz CT molecular complexity index is 1250. The molecule has 1 aliphatic heterocycles. The van der Waals surface area contributed by atoms with Gasteiger partial charge in [0.2, 0.25) is 5.91 Å². The topological polar surface area (TPSA) is 70.7 Å². The molecule has 0 saturated heterocycles. The molecule has 1 aliphatic rings. The Balaban J connectivity index is 0.000000982. The largest absolute Gasteiger partial charge is 0.401 e. The van der Waals surface area contributed by atoms with Gasteiger partial charge in [-0.1, -0.05) is 95.6 Å². The molecule has 5 nitrogen and oxygen atoms in total. The smallest absolute Gasteiger partial charge is 0.249 e. The maximum absolute atomic E-state index is 12.4. The third kappa shape index (κ3) is 13.8. The van der Waals surface area contributed by atoms with Crippen molar-refractivity contribution in [2.45, 2.75) is 109 Å². The van der Waals surface area contributed by atoms with Crippen LogP contribution in [0.15, 0.2) is 75.3 Å². The average Bonchev–Trinajstić information content (AvgIpc) is 3.41. The maximum atomic E-state index is 12.4. The lowest BCUT2D eigenvalue weighted by molar-refractivity contribution is -0.127. The van der Waals surface area contributed by atoms with Gasteiger partial charge in [0.25, 0.3) is 0 Å². The van der Waals surface area contributed by atoms with Crippen molar-refractivity contribution in [3.05, 3.63) is 86.3 Å². The van der Waals surface area contributed by atoms with Gasteiger partial charge in [-0.3, -0.25) is 9.79 Å². The Morgan fingerprint density at radius 1 is 1.12 bits per heavy atom. The molecule has 0 bridgehead atoms. The fourth-order valence-electron chi connectivity index (χ4n) is 3.64. The predicted molar refractivity (Wildman–Crippen MR) is 193 cm³/mol. The highest BCUT2D eigenvalue weighted by Gasteiger charge is 2.25. The Morgan fingerprint density at radius 2 is 1.72 bits per heavy atom. The van der Waals surface area contributed by atoms with Gasteiger partial charge in [-0.05, 0) is 66.0 Å². The Kier molecular flexibility index (Phi) is 18.5. The van der Waals surface area contributed by atoms with Crippen LogP contribution in [0.5, 0.6) is 0 Å². The molecule has 43 heavy (non-hydrogen) atoms. The third-order valence-electron chi connectivity index (χ3n) is 7.26. The van der Waals surface area contributed by atoms with Gasteiger partial charge in [-0.25, -0.2) is 0 Å². The highest BCUT2D eigenvalue weighted by atomic mass is 32.1. The molecule has 2 heterocycles. The number of carbonyl (C=O) groups is 1. The first-order valence-electron chi connectivity index (χ1n) is 15.5. The van der Waals surface area contributed by atoms with Crippen molar-refractivity contribution in [1.29, 1.82) is 0 Å². The number of rotatable bonds is 7.